The minimum absolute atomic E-state index is 0.0377. The number of amides is 1. The van der Waals surface area contributed by atoms with Gasteiger partial charge in [0.05, 0.1) is 17.1 Å². The van der Waals surface area contributed by atoms with Crippen molar-refractivity contribution in [2.24, 2.45) is 7.05 Å². The maximum atomic E-state index is 13.3. The third kappa shape index (κ3) is 2.77. The Morgan fingerprint density at radius 1 is 1.29 bits per heavy atom. The molecule has 3 aromatic rings. The second-order valence-electron chi connectivity index (χ2n) is 7.71. The molecule has 0 radical (unpaired) electrons. The van der Waals surface area contributed by atoms with Gasteiger partial charge in [0.25, 0.3) is 5.91 Å². The molecule has 0 saturated carbocycles. The maximum absolute atomic E-state index is 13.3. The van der Waals surface area contributed by atoms with Gasteiger partial charge in [-0.15, -0.1) is 0 Å². The van der Waals surface area contributed by atoms with E-state index in [0.717, 1.165) is 67.3 Å². The second-order valence-corrected chi connectivity index (χ2v) is 7.71. The molecular weight excluding hydrogens is 352 g/mol. The van der Waals surface area contributed by atoms with Gasteiger partial charge in [-0.2, -0.15) is 0 Å². The van der Waals surface area contributed by atoms with Crippen molar-refractivity contribution in [2.45, 2.75) is 38.8 Å². The molecule has 1 unspecified atom stereocenters. The zero-order valence-electron chi connectivity index (χ0n) is 16.3. The normalized spacial score (nSPS) is 19.2. The number of benzene rings is 1. The molecule has 5 rings (SSSR count). The number of aryl methyl sites for hydroxylation is 2. The standard InChI is InChI=1S/C21H24N6O/c1-13-24-17-10-14(5-6-18(17)26(13)2)21(28)27-9-3-4-19(27)20-23-12-15-11-22-8-7-16(15)25-20/h5-6,10,12,19,22H,3-4,7-9,11H2,1-2H3. The number of hydrogen-bond donors (Lipinski definition) is 1. The summed E-state index contributed by atoms with van der Waals surface area (Å²) < 4.78 is 2.04. The zero-order chi connectivity index (χ0) is 19.3. The predicted octanol–water partition coefficient (Wildman–Crippen LogP) is 2.29. The lowest BCUT2D eigenvalue weighted by molar-refractivity contribution is 0.0729. The summed E-state index contributed by atoms with van der Waals surface area (Å²) in [6, 6.07) is 5.74. The fraction of sp³-hybridized carbons (Fsp3) is 0.429. The molecular formula is C21H24N6O. The van der Waals surface area contributed by atoms with E-state index in [9.17, 15) is 4.79 Å². The third-order valence-corrected chi connectivity index (χ3v) is 5.99. The van der Waals surface area contributed by atoms with Crippen LogP contribution in [0.2, 0.25) is 0 Å². The van der Waals surface area contributed by atoms with Crippen LogP contribution in [0.5, 0.6) is 0 Å². The highest BCUT2D eigenvalue weighted by Crippen LogP contribution is 2.32. The van der Waals surface area contributed by atoms with Crippen molar-refractivity contribution < 1.29 is 4.79 Å². The topological polar surface area (TPSA) is 75.9 Å². The van der Waals surface area contributed by atoms with Crippen molar-refractivity contribution in [1.82, 2.24) is 29.7 Å². The first-order valence-electron chi connectivity index (χ1n) is 9.91. The second kappa shape index (κ2) is 6.67. The number of nitrogens with zero attached hydrogens (tertiary/aromatic N) is 5. The number of aromatic nitrogens is 4. The smallest absolute Gasteiger partial charge is 0.254 e. The average Bonchev–Trinajstić information content (AvgIpc) is 3.32. The Balaban J connectivity index is 1.45. The molecule has 0 aliphatic carbocycles. The Morgan fingerprint density at radius 2 is 2.18 bits per heavy atom. The molecule has 1 aromatic carbocycles. The minimum atomic E-state index is -0.0474. The summed E-state index contributed by atoms with van der Waals surface area (Å²) in [5.74, 6) is 1.76. The number of imidazole rings is 1. The van der Waals surface area contributed by atoms with Gasteiger partial charge in [0.15, 0.2) is 5.82 Å². The van der Waals surface area contributed by atoms with Crippen LogP contribution in [0.15, 0.2) is 24.4 Å². The van der Waals surface area contributed by atoms with Gasteiger partial charge in [0, 0.05) is 56.1 Å². The van der Waals surface area contributed by atoms with Gasteiger partial charge >= 0.3 is 0 Å². The molecule has 2 aliphatic rings. The molecule has 0 bridgehead atoms. The van der Waals surface area contributed by atoms with E-state index in [1.165, 1.54) is 5.56 Å². The van der Waals surface area contributed by atoms with Crippen LogP contribution in [0.4, 0.5) is 0 Å². The number of rotatable bonds is 2. The highest BCUT2D eigenvalue weighted by molar-refractivity contribution is 5.97. The van der Waals surface area contributed by atoms with Crippen molar-refractivity contribution in [2.75, 3.05) is 13.1 Å². The molecule has 7 heteroatoms. The van der Waals surface area contributed by atoms with Crippen LogP contribution in [-0.2, 0) is 20.0 Å². The van der Waals surface area contributed by atoms with Crippen LogP contribution in [-0.4, -0.2) is 43.4 Å². The number of likely N-dealkylation sites (tertiary alicyclic amines) is 1. The molecule has 2 aromatic heterocycles. The number of nitrogens with one attached hydrogen (secondary N) is 1. The molecule has 144 valence electrons. The molecule has 0 spiro atoms. The highest BCUT2D eigenvalue weighted by Gasteiger charge is 2.33. The highest BCUT2D eigenvalue weighted by atomic mass is 16.2. The molecule has 1 fully saturated rings. The quantitative estimate of drug-likeness (QED) is 0.743. The van der Waals surface area contributed by atoms with Gasteiger partial charge < -0.3 is 14.8 Å². The van der Waals surface area contributed by atoms with Gasteiger partial charge in [0.1, 0.15) is 5.82 Å². The van der Waals surface area contributed by atoms with E-state index in [1.54, 1.807) is 0 Å². The van der Waals surface area contributed by atoms with Gasteiger partial charge in [-0.3, -0.25) is 4.79 Å². The number of hydrogen-bond acceptors (Lipinski definition) is 5. The van der Waals surface area contributed by atoms with E-state index in [4.69, 9.17) is 4.98 Å². The Bertz CT molecular complexity index is 1070. The van der Waals surface area contributed by atoms with Gasteiger partial charge in [-0.1, -0.05) is 0 Å². The molecule has 1 saturated heterocycles. The Morgan fingerprint density at radius 3 is 3.07 bits per heavy atom. The van der Waals surface area contributed by atoms with E-state index >= 15 is 0 Å². The third-order valence-electron chi connectivity index (χ3n) is 5.99. The van der Waals surface area contributed by atoms with Crippen molar-refractivity contribution in [1.29, 1.82) is 0 Å². The summed E-state index contributed by atoms with van der Waals surface area (Å²) in [6.07, 6.45) is 4.73. The van der Waals surface area contributed by atoms with E-state index < -0.39 is 0 Å². The molecule has 4 heterocycles. The predicted molar refractivity (Wildman–Crippen MR) is 106 cm³/mol. The van der Waals surface area contributed by atoms with Crippen molar-refractivity contribution in [3.8, 4) is 0 Å². The SMILES string of the molecule is Cc1nc2cc(C(=O)N3CCCC3c3ncc4c(n3)CCNC4)ccc2n1C. The van der Waals surface area contributed by atoms with Crippen LogP contribution >= 0.6 is 0 Å². The average molecular weight is 376 g/mol. The molecule has 1 atom stereocenters. The van der Waals surface area contributed by atoms with Crippen LogP contribution in [0.1, 0.15) is 52.1 Å². The van der Waals surface area contributed by atoms with Crippen molar-refractivity contribution >= 4 is 16.9 Å². The zero-order valence-corrected chi connectivity index (χ0v) is 16.3. The Labute approximate surface area is 163 Å². The first-order valence-corrected chi connectivity index (χ1v) is 9.91. The van der Waals surface area contributed by atoms with Crippen LogP contribution < -0.4 is 5.32 Å². The maximum Gasteiger partial charge on any atom is 0.254 e. The Kier molecular flexibility index (Phi) is 4.12. The van der Waals surface area contributed by atoms with E-state index in [2.05, 4.69) is 15.3 Å². The first-order chi connectivity index (χ1) is 13.6. The van der Waals surface area contributed by atoms with E-state index in [1.807, 2.05) is 47.8 Å². The van der Waals surface area contributed by atoms with E-state index in [-0.39, 0.29) is 11.9 Å². The number of fused-ring (bicyclic) bond motifs is 2. The van der Waals surface area contributed by atoms with Crippen LogP contribution in [0.25, 0.3) is 11.0 Å². The largest absolute Gasteiger partial charge is 0.331 e. The lowest BCUT2D eigenvalue weighted by Gasteiger charge is -2.25. The molecule has 7 nitrogen and oxygen atoms in total. The first kappa shape index (κ1) is 17.3. The molecule has 28 heavy (non-hydrogen) atoms. The Hall–Kier alpha value is -2.80. The van der Waals surface area contributed by atoms with Gasteiger partial charge in [0.2, 0.25) is 0 Å². The van der Waals surface area contributed by atoms with E-state index in [0.29, 0.717) is 5.56 Å². The van der Waals surface area contributed by atoms with Crippen molar-refractivity contribution in [3.63, 3.8) is 0 Å². The lowest BCUT2D eigenvalue weighted by Crippen LogP contribution is -2.32. The summed E-state index contributed by atoms with van der Waals surface area (Å²) >= 11 is 0. The number of carbonyl (C=O) groups excluding carboxylic acids is 1. The summed E-state index contributed by atoms with van der Waals surface area (Å²) in [5, 5.41) is 3.35. The number of carbonyl (C=O) groups is 1. The molecule has 1 N–H and O–H groups in total. The van der Waals surface area contributed by atoms with Gasteiger partial charge in [-0.05, 0) is 38.0 Å². The monoisotopic (exact) mass is 376 g/mol. The minimum Gasteiger partial charge on any atom is -0.331 e. The lowest BCUT2D eigenvalue weighted by atomic mass is 10.1. The fourth-order valence-electron chi connectivity index (χ4n) is 4.31. The summed E-state index contributed by atoms with van der Waals surface area (Å²) in [7, 11) is 1.99. The molecule has 2 aliphatic heterocycles. The van der Waals surface area contributed by atoms with Crippen LogP contribution in [0.3, 0.4) is 0 Å². The summed E-state index contributed by atoms with van der Waals surface area (Å²) in [4.78, 5) is 29.2. The summed E-state index contributed by atoms with van der Waals surface area (Å²) in [5.41, 5.74) is 4.87. The van der Waals surface area contributed by atoms with Gasteiger partial charge in [-0.25, -0.2) is 15.0 Å². The fourth-order valence-corrected chi connectivity index (χ4v) is 4.31. The van der Waals surface area contributed by atoms with Crippen molar-refractivity contribution in [3.05, 3.63) is 52.9 Å². The summed E-state index contributed by atoms with van der Waals surface area (Å²) in [6.45, 7) is 4.48. The molecule has 1 amide bonds. The van der Waals surface area contributed by atoms with Crippen LogP contribution in [0, 0.1) is 6.92 Å².